The maximum Gasteiger partial charge on any atom is 0.283 e. The van der Waals surface area contributed by atoms with Crippen molar-refractivity contribution in [3.63, 3.8) is 0 Å². The van der Waals surface area contributed by atoms with E-state index in [1.165, 1.54) is 48.6 Å². The third kappa shape index (κ3) is 4.92. The highest BCUT2D eigenvalue weighted by Gasteiger charge is 2.28. The molecule has 1 aliphatic carbocycles. The largest absolute Gasteiger partial charge is 0.381 e. The van der Waals surface area contributed by atoms with Crippen molar-refractivity contribution in [2.24, 2.45) is 5.92 Å². The van der Waals surface area contributed by atoms with Crippen molar-refractivity contribution in [2.45, 2.75) is 83.7 Å². The first-order valence-corrected chi connectivity index (χ1v) is 10.6. The molecule has 1 aliphatic rings. The molecule has 3 rings (SSSR count). The number of benzene rings is 1. The second-order valence-corrected chi connectivity index (χ2v) is 8.67. The zero-order valence-corrected chi connectivity index (χ0v) is 17.3. The Morgan fingerprint density at radius 1 is 1.29 bits per heavy atom. The van der Waals surface area contributed by atoms with Crippen LogP contribution in [0.3, 0.4) is 0 Å². The molecule has 2 aromatic rings. The number of hydrogen-bond donors (Lipinski definition) is 1. The molecule has 0 amide bonds. The minimum Gasteiger partial charge on any atom is -0.381 e. The van der Waals surface area contributed by atoms with E-state index in [1.54, 1.807) is 0 Å². The third-order valence-electron chi connectivity index (χ3n) is 6.02. The number of nitrogens with zero attached hydrogens (tertiary/aromatic N) is 2. The lowest BCUT2D eigenvalue weighted by Gasteiger charge is -2.27. The summed E-state index contributed by atoms with van der Waals surface area (Å²) in [4.78, 5) is 0. The monoisotopic (exact) mass is 389 g/mol. The lowest BCUT2D eigenvalue weighted by atomic mass is 9.95. The molecule has 1 N–H and O–H groups in total. The lowest BCUT2D eigenvalue weighted by Crippen LogP contribution is -2.38. The predicted octanol–water partition coefficient (Wildman–Crippen LogP) is 6.26. The summed E-state index contributed by atoms with van der Waals surface area (Å²) < 4.78 is 29.1. The van der Waals surface area contributed by atoms with Gasteiger partial charge in [0, 0.05) is 18.4 Å². The average Bonchev–Trinajstić information content (AvgIpc) is 3.07. The highest BCUT2D eigenvalue weighted by molar-refractivity contribution is 5.79. The van der Waals surface area contributed by atoms with Gasteiger partial charge in [0.05, 0.1) is 23.5 Å². The molecule has 1 aromatic heterocycles. The Hall–Kier alpha value is -1.91. The van der Waals surface area contributed by atoms with Crippen LogP contribution in [0.25, 0.3) is 10.9 Å². The van der Waals surface area contributed by atoms with Crippen LogP contribution in [0.5, 0.6) is 0 Å². The molecule has 154 valence electrons. The van der Waals surface area contributed by atoms with Gasteiger partial charge >= 0.3 is 0 Å². The topological polar surface area (TPSA) is 29.9 Å². The number of aryl methyl sites for hydroxylation is 1. The number of aromatic nitrogens is 2. The van der Waals surface area contributed by atoms with E-state index < -0.39 is 5.92 Å². The Balaban J connectivity index is 1.67. The lowest BCUT2D eigenvalue weighted by molar-refractivity contribution is 0.0527. The summed E-state index contributed by atoms with van der Waals surface area (Å²) in [6.45, 7) is 8.51. The number of nitrogens with one attached hydrogen (secondary N) is 1. The van der Waals surface area contributed by atoms with Crippen LogP contribution in [0.1, 0.15) is 70.9 Å². The predicted molar refractivity (Wildman–Crippen MR) is 112 cm³/mol. The molecule has 1 atom stereocenters. The number of rotatable bonds is 8. The van der Waals surface area contributed by atoms with Crippen LogP contribution in [0.2, 0.25) is 0 Å². The standard InChI is InChI=1S/C23H33F2N3/c1-16(2)21(27-17(3)23(4,24)25)12-10-18-11-13-22-19(14-18)15-26-28(22)20-8-6-5-7-9-20/h11,13-16,20-21,27H,3,5-10,12H2,1-2,4H3. The molecule has 28 heavy (non-hydrogen) atoms. The molecular formula is C23H33F2N3. The summed E-state index contributed by atoms with van der Waals surface area (Å²) in [6, 6.07) is 7.02. The molecule has 0 aliphatic heterocycles. The van der Waals surface area contributed by atoms with E-state index in [4.69, 9.17) is 0 Å². The van der Waals surface area contributed by atoms with Crippen molar-refractivity contribution < 1.29 is 8.78 Å². The first kappa shape index (κ1) is 20.8. The molecule has 0 bridgehead atoms. The second-order valence-electron chi connectivity index (χ2n) is 8.67. The summed E-state index contributed by atoms with van der Waals surface area (Å²) >= 11 is 0. The van der Waals surface area contributed by atoms with Crippen LogP contribution in [0.4, 0.5) is 8.78 Å². The first-order chi connectivity index (χ1) is 13.3. The van der Waals surface area contributed by atoms with Crippen molar-refractivity contribution in [1.29, 1.82) is 0 Å². The molecule has 0 saturated heterocycles. The quantitative estimate of drug-likeness (QED) is 0.578. The maximum absolute atomic E-state index is 13.5. The normalized spacial score (nSPS) is 17.2. The molecule has 0 spiro atoms. The Morgan fingerprint density at radius 2 is 2.00 bits per heavy atom. The Kier molecular flexibility index (Phi) is 6.41. The fourth-order valence-corrected chi connectivity index (χ4v) is 4.12. The summed E-state index contributed by atoms with van der Waals surface area (Å²) in [6.07, 6.45) is 9.93. The number of hydrogen-bond acceptors (Lipinski definition) is 2. The van der Waals surface area contributed by atoms with Gasteiger partial charge in [0.25, 0.3) is 5.92 Å². The summed E-state index contributed by atoms with van der Waals surface area (Å²) in [5, 5.41) is 8.78. The maximum atomic E-state index is 13.5. The molecule has 1 fully saturated rings. The van der Waals surface area contributed by atoms with Gasteiger partial charge in [0.15, 0.2) is 0 Å². The van der Waals surface area contributed by atoms with E-state index in [0.717, 1.165) is 19.8 Å². The first-order valence-electron chi connectivity index (χ1n) is 10.6. The van der Waals surface area contributed by atoms with Crippen molar-refractivity contribution in [3.8, 4) is 0 Å². The fraction of sp³-hybridized carbons (Fsp3) is 0.609. The van der Waals surface area contributed by atoms with Gasteiger partial charge in [-0.1, -0.05) is 45.8 Å². The molecular weight excluding hydrogens is 356 g/mol. The van der Waals surface area contributed by atoms with Crippen molar-refractivity contribution >= 4 is 10.9 Å². The highest BCUT2D eigenvalue weighted by Crippen LogP contribution is 2.31. The summed E-state index contributed by atoms with van der Waals surface area (Å²) in [5.74, 6) is -2.66. The Morgan fingerprint density at radius 3 is 2.64 bits per heavy atom. The molecule has 1 aromatic carbocycles. The molecule has 1 unspecified atom stereocenters. The minimum atomic E-state index is -2.90. The van der Waals surface area contributed by atoms with Crippen molar-refractivity contribution in [1.82, 2.24) is 15.1 Å². The fourth-order valence-electron chi connectivity index (χ4n) is 4.12. The Labute approximate surface area is 167 Å². The van der Waals surface area contributed by atoms with Gasteiger partial charge in [0.1, 0.15) is 0 Å². The van der Waals surface area contributed by atoms with Gasteiger partial charge in [0.2, 0.25) is 0 Å². The van der Waals surface area contributed by atoms with Gasteiger partial charge in [-0.3, -0.25) is 4.68 Å². The van der Waals surface area contributed by atoms with Crippen LogP contribution in [0, 0.1) is 5.92 Å². The zero-order valence-electron chi connectivity index (χ0n) is 17.3. The molecule has 5 heteroatoms. The van der Waals surface area contributed by atoms with E-state index in [9.17, 15) is 8.78 Å². The molecule has 3 nitrogen and oxygen atoms in total. The number of fused-ring (bicyclic) bond motifs is 1. The minimum absolute atomic E-state index is 0.0287. The van der Waals surface area contributed by atoms with Gasteiger partial charge in [-0.15, -0.1) is 0 Å². The molecule has 1 heterocycles. The van der Waals surface area contributed by atoms with Crippen molar-refractivity contribution in [3.05, 3.63) is 42.2 Å². The molecule has 1 saturated carbocycles. The van der Waals surface area contributed by atoms with E-state index in [1.807, 2.05) is 6.20 Å². The van der Waals surface area contributed by atoms with E-state index in [2.05, 4.69) is 53.7 Å². The van der Waals surface area contributed by atoms with Crippen LogP contribution < -0.4 is 5.32 Å². The van der Waals surface area contributed by atoms with Crippen molar-refractivity contribution in [2.75, 3.05) is 0 Å². The molecule has 0 radical (unpaired) electrons. The smallest absolute Gasteiger partial charge is 0.283 e. The average molecular weight is 390 g/mol. The zero-order chi connectivity index (χ0) is 20.3. The number of allylic oxidation sites excluding steroid dienone is 1. The highest BCUT2D eigenvalue weighted by atomic mass is 19.3. The van der Waals surface area contributed by atoms with E-state index in [-0.39, 0.29) is 17.7 Å². The summed E-state index contributed by atoms with van der Waals surface area (Å²) in [5.41, 5.74) is 2.22. The van der Waals surface area contributed by atoms with Gasteiger partial charge in [-0.2, -0.15) is 5.10 Å². The van der Waals surface area contributed by atoms with Crippen LogP contribution in [0.15, 0.2) is 36.7 Å². The Bertz CT molecular complexity index is 798. The van der Waals surface area contributed by atoms with E-state index in [0.29, 0.717) is 6.04 Å². The van der Waals surface area contributed by atoms with Crippen LogP contribution >= 0.6 is 0 Å². The van der Waals surface area contributed by atoms with Crippen LogP contribution in [-0.2, 0) is 6.42 Å². The number of halogens is 2. The van der Waals surface area contributed by atoms with Gasteiger partial charge in [-0.25, -0.2) is 8.78 Å². The van der Waals surface area contributed by atoms with Gasteiger partial charge in [-0.05, 0) is 49.3 Å². The van der Waals surface area contributed by atoms with E-state index >= 15 is 0 Å². The number of alkyl halides is 2. The third-order valence-corrected chi connectivity index (χ3v) is 6.02. The second kappa shape index (κ2) is 8.62. The van der Waals surface area contributed by atoms with Gasteiger partial charge < -0.3 is 5.32 Å². The SMILES string of the molecule is C=C(NC(CCc1ccc2c(cnn2C2CCCCC2)c1)C(C)C)C(C)(F)F. The van der Waals surface area contributed by atoms with Crippen LogP contribution in [-0.4, -0.2) is 21.7 Å². The summed E-state index contributed by atoms with van der Waals surface area (Å²) in [7, 11) is 0.